The summed E-state index contributed by atoms with van der Waals surface area (Å²) in [6.07, 6.45) is 0. The Bertz CT molecular complexity index is 1140. The number of hydrogen-bond donors (Lipinski definition) is 1. The zero-order chi connectivity index (χ0) is 20.1. The highest BCUT2D eigenvalue weighted by molar-refractivity contribution is 5.80. The van der Waals surface area contributed by atoms with Crippen molar-refractivity contribution >= 4 is 16.9 Å². The minimum atomic E-state index is -0.453. The first-order chi connectivity index (χ1) is 14.2. The molecular formula is C24H18N2O3. The van der Waals surface area contributed by atoms with E-state index in [9.17, 15) is 4.79 Å². The van der Waals surface area contributed by atoms with Gasteiger partial charge in [0.25, 0.3) is 5.91 Å². The van der Waals surface area contributed by atoms with Gasteiger partial charge in [-0.25, -0.2) is 0 Å². The lowest BCUT2D eigenvalue weighted by molar-refractivity contribution is -0.123. The fraction of sp³-hybridized carbons (Fsp3) is 0.0833. The Labute approximate surface area is 168 Å². The number of nitriles is 1. The molecule has 142 valence electrons. The number of benzene rings is 3. The maximum atomic E-state index is 12.6. The summed E-state index contributed by atoms with van der Waals surface area (Å²) >= 11 is 0. The monoisotopic (exact) mass is 382 g/mol. The molecule has 3 aromatic carbocycles. The standard InChI is InChI=1S/C24H18N2O3/c25-15-19-11-5-6-12-20(19)28-16-23(27)26-24(17-8-2-1-3-9-17)22-14-18-10-4-7-13-21(18)29-22/h1-14,24H,16H2,(H,26,27)/t24-/m0/s1. The van der Waals surface area contributed by atoms with Crippen molar-refractivity contribution in [3.8, 4) is 11.8 Å². The lowest BCUT2D eigenvalue weighted by Gasteiger charge is -2.17. The zero-order valence-electron chi connectivity index (χ0n) is 15.5. The van der Waals surface area contributed by atoms with Crippen molar-refractivity contribution in [2.45, 2.75) is 6.04 Å². The van der Waals surface area contributed by atoms with E-state index in [0.717, 1.165) is 16.5 Å². The van der Waals surface area contributed by atoms with Gasteiger partial charge in [0.1, 0.15) is 29.2 Å². The Morgan fingerprint density at radius 2 is 1.72 bits per heavy atom. The molecule has 4 rings (SSSR count). The average Bonchev–Trinajstić information content (AvgIpc) is 3.20. The number of carbonyl (C=O) groups excluding carboxylic acids is 1. The lowest BCUT2D eigenvalue weighted by atomic mass is 10.0. The number of amides is 1. The molecule has 1 atom stereocenters. The fourth-order valence-corrected chi connectivity index (χ4v) is 3.14. The van der Waals surface area contributed by atoms with Crippen LogP contribution in [0.15, 0.2) is 89.3 Å². The van der Waals surface area contributed by atoms with E-state index in [-0.39, 0.29) is 12.5 Å². The van der Waals surface area contributed by atoms with Crippen molar-refractivity contribution in [2.75, 3.05) is 6.61 Å². The average molecular weight is 382 g/mol. The van der Waals surface area contributed by atoms with Crippen LogP contribution in [-0.2, 0) is 4.79 Å². The highest BCUT2D eigenvalue weighted by Gasteiger charge is 2.21. The molecule has 29 heavy (non-hydrogen) atoms. The number of nitrogens with one attached hydrogen (secondary N) is 1. The van der Waals surface area contributed by atoms with Gasteiger partial charge in [0.15, 0.2) is 6.61 Å². The molecule has 1 aromatic heterocycles. The van der Waals surface area contributed by atoms with Crippen molar-refractivity contribution in [2.24, 2.45) is 0 Å². The molecule has 0 radical (unpaired) electrons. The highest BCUT2D eigenvalue weighted by Crippen LogP contribution is 2.28. The van der Waals surface area contributed by atoms with Gasteiger partial charge in [-0.1, -0.05) is 60.7 Å². The Morgan fingerprint density at radius 1 is 1.00 bits per heavy atom. The maximum Gasteiger partial charge on any atom is 0.258 e. The van der Waals surface area contributed by atoms with E-state index in [1.54, 1.807) is 24.3 Å². The largest absolute Gasteiger partial charge is 0.482 e. The second-order valence-corrected chi connectivity index (χ2v) is 6.49. The second kappa shape index (κ2) is 8.32. The van der Waals surface area contributed by atoms with Gasteiger partial charge in [0.05, 0.1) is 5.56 Å². The van der Waals surface area contributed by atoms with Gasteiger partial charge in [-0.05, 0) is 29.8 Å². The van der Waals surface area contributed by atoms with E-state index in [4.69, 9.17) is 14.4 Å². The minimum absolute atomic E-state index is 0.206. The Hall–Kier alpha value is -4.04. The number of furan rings is 1. The van der Waals surface area contributed by atoms with Gasteiger partial charge in [-0.15, -0.1) is 0 Å². The first kappa shape index (κ1) is 18.3. The van der Waals surface area contributed by atoms with Gasteiger partial charge < -0.3 is 14.5 Å². The Balaban J connectivity index is 1.55. The normalized spacial score (nSPS) is 11.6. The predicted molar refractivity (Wildman–Crippen MR) is 109 cm³/mol. The smallest absolute Gasteiger partial charge is 0.258 e. The first-order valence-electron chi connectivity index (χ1n) is 9.19. The predicted octanol–water partition coefficient (Wildman–Crippen LogP) is 4.59. The quantitative estimate of drug-likeness (QED) is 0.529. The van der Waals surface area contributed by atoms with Crippen molar-refractivity contribution in [1.82, 2.24) is 5.32 Å². The number of ether oxygens (including phenoxy) is 1. The highest BCUT2D eigenvalue weighted by atomic mass is 16.5. The van der Waals surface area contributed by atoms with Crippen molar-refractivity contribution in [3.63, 3.8) is 0 Å². The molecule has 5 nitrogen and oxygen atoms in total. The van der Waals surface area contributed by atoms with E-state index in [1.807, 2.05) is 60.7 Å². The van der Waals surface area contributed by atoms with Crippen LogP contribution in [0, 0.1) is 11.3 Å². The number of para-hydroxylation sites is 2. The summed E-state index contributed by atoms with van der Waals surface area (Å²) in [6, 6.07) is 27.7. The van der Waals surface area contributed by atoms with E-state index >= 15 is 0 Å². The van der Waals surface area contributed by atoms with Gasteiger partial charge in [0, 0.05) is 5.39 Å². The van der Waals surface area contributed by atoms with Crippen molar-refractivity contribution in [1.29, 1.82) is 5.26 Å². The molecule has 0 spiro atoms. The molecule has 0 saturated carbocycles. The molecule has 1 amide bonds. The summed E-state index contributed by atoms with van der Waals surface area (Å²) in [6.45, 7) is -0.206. The van der Waals surface area contributed by atoms with Crippen LogP contribution in [0.4, 0.5) is 0 Å². The zero-order valence-corrected chi connectivity index (χ0v) is 15.5. The lowest BCUT2D eigenvalue weighted by Crippen LogP contribution is -2.33. The van der Waals surface area contributed by atoms with Crippen LogP contribution >= 0.6 is 0 Å². The minimum Gasteiger partial charge on any atom is -0.482 e. The molecule has 1 N–H and O–H groups in total. The maximum absolute atomic E-state index is 12.6. The molecule has 5 heteroatoms. The fourth-order valence-electron chi connectivity index (χ4n) is 3.14. The van der Waals surface area contributed by atoms with Gasteiger partial charge in [0.2, 0.25) is 0 Å². The number of hydrogen-bond acceptors (Lipinski definition) is 4. The number of nitrogens with zero attached hydrogens (tertiary/aromatic N) is 1. The van der Waals surface area contributed by atoms with Crippen LogP contribution in [0.25, 0.3) is 11.0 Å². The molecule has 1 heterocycles. The van der Waals surface area contributed by atoms with E-state index in [1.165, 1.54) is 0 Å². The summed E-state index contributed by atoms with van der Waals surface area (Å²) in [5.74, 6) is 0.709. The van der Waals surface area contributed by atoms with Crippen LogP contribution in [0.3, 0.4) is 0 Å². The third-order valence-electron chi connectivity index (χ3n) is 4.53. The molecule has 0 fully saturated rings. The molecule has 0 aliphatic heterocycles. The summed E-state index contributed by atoms with van der Waals surface area (Å²) in [5, 5.41) is 13.1. The third-order valence-corrected chi connectivity index (χ3v) is 4.53. The van der Waals surface area contributed by atoms with E-state index < -0.39 is 6.04 Å². The van der Waals surface area contributed by atoms with Crippen LogP contribution in [0.1, 0.15) is 22.9 Å². The molecule has 0 aliphatic carbocycles. The molecule has 4 aromatic rings. The SMILES string of the molecule is N#Cc1ccccc1OCC(=O)N[C@@H](c1ccccc1)c1cc2ccccc2o1. The number of rotatable bonds is 6. The number of carbonyl (C=O) groups is 1. The van der Waals surface area contributed by atoms with E-state index in [2.05, 4.69) is 11.4 Å². The Kier molecular flexibility index (Phi) is 5.26. The topological polar surface area (TPSA) is 75.3 Å². The molecule has 0 saturated heterocycles. The van der Waals surface area contributed by atoms with E-state index in [0.29, 0.717) is 17.1 Å². The summed E-state index contributed by atoms with van der Waals surface area (Å²) in [4.78, 5) is 12.6. The second-order valence-electron chi connectivity index (χ2n) is 6.49. The summed E-state index contributed by atoms with van der Waals surface area (Å²) in [5.41, 5.74) is 2.05. The third kappa shape index (κ3) is 4.12. The number of fused-ring (bicyclic) bond motifs is 1. The van der Waals surface area contributed by atoms with Gasteiger partial charge in [-0.2, -0.15) is 5.26 Å². The first-order valence-corrected chi connectivity index (χ1v) is 9.19. The molecule has 0 aliphatic rings. The molecule has 0 bridgehead atoms. The van der Waals surface area contributed by atoms with Gasteiger partial charge in [-0.3, -0.25) is 4.79 Å². The van der Waals surface area contributed by atoms with Crippen LogP contribution in [0.5, 0.6) is 5.75 Å². The summed E-state index contributed by atoms with van der Waals surface area (Å²) in [7, 11) is 0. The molecular weight excluding hydrogens is 364 g/mol. The Morgan fingerprint density at radius 3 is 2.52 bits per heavy atom. The van der Waals surface area contributed by atoms with Crippen molar-refractivity contribution < 1.29 is 13.9 Å². The van der Waals surface area contributed by atoms with Crippen LogP contribution in [-0.4, -0.2) is 12.5 Å². The van der Waals surface area contributed by atoms with Crippen LogP contribution < -0.4 is 10.1 Å². The van der Waals surface area contributed by atoms with Crippen LogP contribution in [0.2, 0.25) is 0 Å². The van der Waals surface area contributed by atoms with Gasteiger partial charge >= 0.3 is 0 Å². The molecule has 0 unspecified atom stereocenters. The summed E-state index contributed by atoms with van der Waals surface area (Å²) < 4.78 is 11.5. The van der Waals surface area contributed by atoms with Crippen molar-refractivity contribution in [3.05, 3.63) is 102 Å².